The van der Waals surface area contributed by atoms with Gasteiger partial charge < -0.3 is 15.5 Å². The Morgan fingerprint density at radius 3 is 2.52 bits per heavy atom. The smallest absolute Gasteiger partial charge is 0.319 e. The maximum absolute atomic E-state index is 14.9. The van der Waals surface area contributed by atoms with Gasteiger partial charge in [0.15, 0.2) is 0 Å². The Bertz CT molecular complexity index is 860. The number of hydrogen-bond acceptors (Lipinski definition) is 2. The second kappa shape index (κ2) is 7.39. The summed E-state index contributed by atoms with van der Waals surface area (Å²) in [6.45, 7) is 5.92. The molecule has 142 valence electrons. The van der Waals surface area contributed by atoms with E-state index in [1.807, 2.05) is 51.1 Å². The van der Waals surface area contributed by atoms with Crippen molar-refractivity contribution in [1.29, 1.82) is 0 Å². The van der Waals surface area contributed by atoms with Crippen LogP contribution in [-0.4, -0.2) is 17.5 Å². The van der Waals surface area contributed by atoms with E-state index in [4.69, 9.17) is 0 Å². The molecule has 0 saturated carbocycles. The molecular formula is C21H24FN3O2. The molecule has 0 saturated heterocycles. The first-order valence-electron chi connectivity index (χ1n) is 8.99. The maximum Gasteiger partial charge on any atom is 0.319 e. The molecule has 2 N–H and O–H groups in total. The van der Waals surface area contributed by atoms with Crippen molar-refractivity contribution in [3.05, 3.63) is 59.4 Å². The minimum atomic E-state index is -0.512. The summed E-state index contributed by atoms with van der Waals surface area (Å²) < 4.78 is 14.9. The molecule has 0 aromatic heterocycles. The number of fused-ring (bicyclic) bond motifs is 1. The Hall–Kier alpha value is -2.89. The summed E-state index contributed by atoms with van der Waals surface area (Å²) in [6, 6.07) is 12.1. The van der Waals surface area contributed by atoms with Crippen LogP contribution >= 0.6 is 0 Å². The lowest BCUT2D eigenvalue weighted by Gasteiger charge is -2.30. The number of carbonyl (C=O) groups excluding carboxylic acids is 2. The highest BCUT2D eigenvalue weighted by Gasteiger charge is 2.28. The quantitative estimate of drug-likeness (QED) is 0.851. The van der Waals surface area contributed by atoms with Crippen LogP contribution < -0.4 is 15.5 Å². The van der Waals surface area contributed by atoms with Crippen molar-refractivity contribution in [3.8, 4) is 0 Å². The molecule has 0 radical (unpaired) electrons. The standard InChI is InChI=1S/C21H24FN3O2/c1-21(2,3)24-20(27)23-16-11-15-9-10-18(26)25(19(15)17(22)12-16)13-14-7-5-4-6-8-14/h4-8,11-12H,9-10,13H2,1-3H3,(H2,23,24,27). The van der Waals surface area contributed by atoms with Gasteiger partial charge in [-0.1, -0.05) is 30.3 Å². The number of rotatable bonds is 3. The van der Waals surface area contributed by atoms with E-state index in [-0.39, 0.29) is 5.91 Å². The minimum absolute atomic E-state index is 0.101. The fourth-order valence-electron chi connectivity index (χ4n) is 3.16. The summed E-state index contributed by atoms with van der Waals surface area (Å²) in [4.78, 5) is 26.0. The van der Waals surface area contributed by atoms with Crippen LogP contribution in [-0.2, 0) is 17.8 Å². The lowest BCUT2D eigenvalue weighted by molar-refractivity contribution is -0.119. The topological polar surface area (TPSA) is 61.4 Å². The number of carbonyl (C=O) groups is 2. The van der Waals surface area contributed by atoms with Crippen molar-refractivity contribution in [1.82, 2.24) is 5.32 Å². The number of nitrogens with zero attached hydrogens (tertiary/aromatic N) is 1. The predicted octanol–water partition coefficient (Wildman–Crippen LogP) is 4.23. The van der Waals surface area contributed by atoms with Crippen LogP contribution in [0.25, 0.3) is 0 Å². The maximum atomic E-state index is 14.9. The molecule has 2 aromatic carbocycles. The van der Waals surface area contributed by atoms with Gasteiger partial charge in [-0.25, -0.2) is 9.18 Å². The second-order valence-electron chi connectivity index (χ2n) is 7.76. The summed E-state index contributed by atoms with van der Waals surface area (Å²) in [5.74, 6) is -0.612. The summed E-state index contributed by atoms with van der Waals surface area (Å²) in [6.07, 6.45) is 0.768. The van der Waals surface area contributed by atoms with Gasteiger partial charge in [-0.3, -0.25) is 4.79 Å². The van der Waals surface area contributed by atoms with Gasteiger partial charge in [-0.15, -0.1) is 0 Å². The van der Waals surface area contributed by atoms with Crippen molar-refractivity contribution in [2.45, 2.75) is 45.7 Å². The highest BCUT2D eigenvalue weighted by Crippen LogP contribution is 2.34. The van der Waals surface area contributed by atoms with E-state index in [9.17, 15) is 14.0 Å². The molecule has 1 aliphatic rings. The zero-order chi connectivity index (χ0) is 19.6. The van der Waals surface area contributed by atoms with E-state index in [0.29, 0.717) is 30.8 Å². The molecule has 0 atom stereocenters. The average Bonchev–Trinajstić information content (AvgIpc) is 2.56. The molecule has 0 fully saturated rings. The second-order valence-corrected chi connectivity index (χ2v) is 7.76. The van der Waals surface area contributed by atoms with Crippen LogP contribution in [0.15, 0.2) is 42.5 Å². The fraction of sp³-hybridized carbons (Fsp3) is 0.333. The van der Waals surface area contributed by atoms with Crippen LogP contribution in [0.2, 0.25) is 0 Å². The van der Waals surface area contributed by atoms with Crippen LogP contribution in [0, 0.1) is 5.82 Å². The molecular weight excluding hydrogens is 345 g/mol. The van der Waals surface area contributed by atoms with Crippen molar-refractivity contribution in [2.24, 2.45) is 0 Å². The average molecular weight is 369 g/mol. The van der Waals surface area contributed by atoms with Gasteiger partial charge in [0.05, 0.1) is 12.2 Å². The van der Waals surface area contributed by atoms with Crippen molar-refractivity contribution in [3.63, 3.8) is 0 Å². The van der Waals surface area contributed by atoms with Crippen LogP contribution in [0.5, 0.6) is 0 Å². The van der Waals surface area contributed by atoms with Crippen LogP contribution in [0.4, 0.5) is 20.6 Å². The van der Waals surface area contributed by atoms with Gasteiger partial charge in [0, 0.05) is 17.6 Å². The third-order valence-electron chi connectivity index (χ3n) is 4.25. The molecule has 0 spiro atoms. The zero-order valence-corrected chi connectivity index (χ0v) is 15.8. The van der Waals surface area contributed by atoms with Crippen molar-refractivity contribution >= 4 is 23.3 Å². The Morgan fingerprint density at radius 2 is 1.85 bits per heavy atom. The highest BCUT2D eigenvalue weighted by atomic mass is 19.1. The molecule has 6 heteroatoms. The lowest BCUT2D eigenvalue weighted by atomic mass is 9.99. The number of aryl methyl sites for hydroxylation is 1. The number of halogens is 1. The van der Waals surface area contributed by atoms with Crippen molar-refractivity contribution < 1.29 is 14.0 Å². The van der Waals surface area contributed by atoms with Crippen LogP contribution in [0.1, 0.15) is 38.3 Å². The Labute approximate surface area is 158 Å². The van der Waals surface area contributed by atoms with Gasteiger partial charge >= 0.3 is 6.03 Å². The molecule has 5 nitrogen and oxygen atoms in total. The number of hydrogen-bond donors (Lipinski definition) is 2. The minimum Gasteiger partial charge on any atom is -0.333 e. The van der Waals surface area contributed by atoms with Gasteiger partial charge in [0.25, 0.3) is 0 Å². The first-order chi connectivity index (χ1) is 12.7. The molecule has 27 heavy (non-hydrogen) atoms. The van der Waals surface area contributed by atoms with E-state index in [1.165, 1.54) is 11.0 Å². The van der Waals surface area contributed by atoms with E-state index in [0.717, 1.165) is 11.1 Å². The number of anilines is 2. The van der Waals surface area contributed by atoms with Crippen molar-refractivity contribution in [2.75, 3.05) is 10.2 Å². The molecule has 3 rings (SSSR count). The van der Waals surface area contributed by atoms with Gasteiger partial charge in [-0.05, 0) is 50.5 Å². The molecule has 0 bridgehead atoms. The normalized spacial score (nSPS) is 13.9. The molecule has 1 heterocycles. The summed E-state index contributed by atoms with van der Waals surface area (Å²) in [5, 5.41) is 5.45. The van der Waals surface area contributed by atoms with Crippen LogP contribution in [0.3, 0.4) is 0 Å². The lowest BCUT2D eigenvalue weighted by Crippen LogP contribution is -2.43. The SMILES string of the molecule is CC(C)(C)NC(=O)Nc1cc(F)c2c(c1)CCC(=O)N2Cc1ccccc1. The first kappa shape index (κ1) is 18.9. The number of nitrogens with one attached hydrogen (secondary N) is 2. The fourth-order valence-corrected chi connectivity index (χ4v) is 3.16. The summed E-state index contributed by atoms with van der Waals surface area (Å²) in [5.41, 5.74) is 1.94. The summed E-state index contributed by atoms with van der Waals surface area (Å²) >= 11 is 0. The van der Waals surface area contributed by atoms with E-state index >= 15 is 0 Å². The largest absolute Gasteiger partial charge is 0.333 e. The van der Waals surface area contributed by atoms with Gasteiger partial charge in [0.1, 0.15) is 5.82 Å². The first-order valence-corrected chi connectivity index (χ1v) is 8.99. The molecule has 3 amide bonds. The third kappa shape index (κ3) is 4.64. The molecule has 0 aliphatic carbocycles. The Morgan fingerprint density at radius 1 is 1.15 bits per heavy atom. The zero-order valence-electron chi connectivity index (χ0n) is 15.8. The van der Waals surface area contributed by atoms with E-state index in [2.05, 4.69) is 10.6 Å². The molecule has 0 unspecified atom stereocenters. The van der Waals surface area contributed by atoms with Gasteiger partial charge in [0.2, 0.25) is 5.91 Å². The van der Waals surface area contributed by atoms with E-state index in [1.54, 1.807) is 6.07 Å². The third-order valence-corrected chi connectivity index (χ3v) is 4.25. The Kier molecular flexibility index (Phi) is 5.17. The summed E-state index contributed by atoms with van der Waals surface area (Å²) in [7, 11) is 0. The van der Waals surface area contributed by atoms with E-state index < -0.39 is 17.4 Å². The Balaban J connectivity index is 1.86. The monoisotopic (exact) mass is 369 g/mol. The number of urea groups is 1. The predicted molar refractivity (Wildman–Crippen MR) is 104 cm³/mol. The number of amides is 3. The highest BCUT2D eigenvalue weighted by molar-refractivity contribution is 5.97. The molecule has 2 aromatic rings. The van der Waals surface area contributed by atoms with Gasteiger partial charge in [-0.2, -0.15) is 0 Å². The molecule has 1 aliphatic heterocycles. The number of benzene rings is 2.